The van der Waals surface area contributed by atoms with Crippen molar-refractivity contribution in [2.24, 2.45) is 7.05 Å². The van der Waals surface area contributed by atoms with Crippen molar-refractivity contribution in [1.29, 1.82) is 0 Å². The molecule has 182 valence electrons. The molecule has 1 aromatic heterocycles. The third-order valence-corrected chi connectivity index (χ3v) is 4.96. The second-order valence-corrected chi connectivity index (χ2v) is 7.58. The van der Waals surface area contributed by atoms with Crippen LogP contribution in [0, 0.1) is 11.6 Å². The number of Topliss-reactive ketones (excluding diaryl/α,β-unsaturated/α-hetero) is 1. The Kier molecular flexibility index (Phi) is 8.69. The average Bonchev–Trinajstić information content (AvgIpc) is 3.24. The lowest BCUT2D eigenvalue weighted by molar-refractivity contribution is -0.145. The first-order chi connectivity index (χ1) is 16.8. The topological polar surface area (TPSA) is 107 Å². The predicted octanol–water partition coefficient (Wildman–Crippen LogP) is 3.28. The van der Waals surface area contributed by atoms with Crippen molar-refractivity contribution in [3.63, 3.8) is 0 Å². The van der Waals surface area contributed by atoms with Crippen LogP contribution in [0.1, 0.15) is 36.7 Å². The first-order valence-electron chi connectivity index (χ1n) is 10.8. The number of aromatic nitrogens is 4. The molecular formula is C25H24F2N4O4. The van der Waals surface area contributed by atoms with Crippen LogP contribution < -0.4 is 0 Å². The van der Waals surface area contributed by atoms with E-state index in [0.717, 1.165) is 0 Å². The van der Waals surface area contributed by atoms with Crippen molar-refractivity contribution in [2.75, 3.05) is 6.61 Å². The minimum Gasteiger partial charge on any atom is -0.466 e. The average molecular weight is 482 g/mol. The molecule has 0 fully saturated rings. The minimum atomic E-state index is -1.21. The zero-order valence-corrected chi connectivity index (χ0v) is 19.2. The molecule has 0 saturated carbocycles. The smallest absolute Gasteiger partial charge is 0.313 e. The number of ketones is 1. The lowest BCUT2D eigenvalue weighted by atomic mass is 9.91. The van der Waals surface area contributed by atoms with E-state index in [1.807, 2.05) is 0 Å². The van der Waals surface area contributed by atoms with Crippen molar-refractivity contribution in [3.05, 3.63) is 89.3 Å². The Morgan fingerprint density at radius 3 is 2.11 bits per heavy atom. The Morgan fingerprint density at radius 1 is 1.06 bits per heavy atom. The van der Waals surface area contributed by atoms with Crippen molar-refractivity contribution in [2.45, 2.75) is 25.9 Å². The number of halogens is 2. The van der Waals surface area contributed by atoms with E-state index in [0.29, 0.717) is 28.1 Å². The zero-order valence-electron chi connectivity index (χ0n) is 19.2. The van der Waals surface area contributed by atoms with E-state index in [1.54, 1.807) is 38.2 Å². The fourth-order valence-electron chi connectivity index (χ4n) is 3.39. The fraction of sp³-hybridized carbons (Fsp3) is 0.240. The summed E-state index contributed by atoms with van der Waals surface area (Å²) in [5.41, 5.74) is 2.17. The number of tetrazole rings is 1. The van der Waals surface area contributed by atoms with Gasteiger partial charge in [-0.05, 0) is 58.3 Å². The number of carbonyl (C=O) groups excluding carboxylic acids is 2. The summed E-state index contributed by atoms with van der Waals surface area (Å²) < 4.78 is 33.5. The molecule has 1 heterocycles. The van der Waals surface area contributed by atoms with Gasteiger partial charge in [-0.15, -0.1) is 5.10 Å². The van der Waals surface area contributed by atoms with Crippen LogP contribution in [-0.2, 0) is 21.4 Å². The third-order valence-electron chi connectivity index (χ3n) is 4.96. The van der Waals surface area contributed by atoms with Gasteiger partial charge in [0.1, 0.15) is 23.8 Å². The molecule has 2 aromatic carbocycles. The zero-order chi connectivity index (χ0) is 25.4. The van der Waals surface area contributed by atoms with Crippen LogP contribution in [0.5, 0.6) is 0 Å². The quantitative estimate of drug-likeness (QED) is 0.268. The fourth-order valence-corrected chi connectivity index (χ4v) is 3.39. The van der Waals surface area contributed by atoms with Gasteiger partial charge >= 0.3 is 5.97 Å². The molecule has 3 aromatic rings. The summed E-state index contributed by atoms with van der Waals surface area (Å²) in [4.78, 5) is 23.6. The molecule has 0 unspecified atom stereocenters. The van der Waals surface area contributed by atoms with E-state index in [9.17, 15) is 23.5 Å². The highest BCUT2D eigenvalue weighted by molar-refractivity contribution is 6.01. The number of esters is 1. The summed E-state index contributed by atoms with van der Waals surface area (Å²) in [5, 5.41) is 22.0. The lowest BCUT2D eigenvalue weighted by Gasteiger charge is -2.14. The number of allylic oxidation sites excluding steroid dienone is 2. The molecule has 0 radical (unpaired) electrons. The van der Waals surface area contributed by atoms with Gasteiger partial charge < -0.3 is 9.84 Å². The largest absolute Gasteiger partial charge is 0.466 e. The molecule has 0 aliphatic heterocycles. The summed E-state index contributed by atoms with van der Waals surface area (Å²) in [6.07, 6.45) is 0.958. The maximum Gasteiger partial charge on any atom is 0.313 e. The second kappa shape index (κ2) is 11.9. The molecule has 10 heteroatoms. The molecule has 35 heavy (non-hydrogen) atoms. The van der Waals surface area contributed by atoms with E-state index < -0.39 is 35.9 Å². The van der Waals surface area contributed by atoms with Crippen LogP contribution in [0.4, 0.5) is 8.78 Å². The second-order valence-electron chi connectivity index (χ2n) is 7.58. The van der Waals surface area contributed by atoms with Gasteiger partial charge in [0.15, 0.2) is 5.82 Å². The van der Waals surface area contributed by atoms with Crippen molar-refractivity contribution >= 4 is 22.9 Å². The first kappa shape index (κ1) is 25.6. The van der Waals surface area contributed by atoms with E-state index in [1.165, 1.54) is 41.1 Å². The summed E-state index contributed by atoms with van der Waals surface area (Å²) in [5.74, 6) is -1.69. The van der Waals surface area contributed by atoms with Gasteiger partial charge in [0.05, 0.1) is 12.7 Å². The molecule has 1 atom stereocenters. The highest BCUT2D eigenvalue weighted by Crippen LogP contribution is 2.32. The van der Waals surface area contributed by atoms with Crippen molar-refractivity contribution in [3.8, 4) is 0 Å². The molecule has 0 aliphatic rings. The van der Waals surface area contributed by atoms with Crippen LogP contribution in [0.15, 0.2) is 60.7 Å². The molecule has 8 nitrogen and oxygen atoms in total. The molecule has 0 amide bonds. The number of carbonyl (C=O) groups is 2. The molecular weight excluding hydrogens is 458 g/mol. The Hall–Kier alpha value is -4.05. The number of aliphatic hydroxyl groups is 1. The van der Waals surface area contributed by atoms with E-state index in [-0.39, 0.29) is 13.0 Å². The number of nitrogens with zero attached hydrogens (tertiary/aromatic N) is 4. The summed E-state index contributed by atoms with van der Waals surface area (Å²) in [6.45, 7) is 1.79. The predicted molar refractivity (Wildman–Crippen MR) is 124 cm³/mol. The molecule has 1 N–H and O–H groups in total. The van der Waals surface area contributed by atoms with Crippen LogP contribution >= 0.6 is 0 Å². The van der Waals surface area contributed by atoms with Gasteiger partial charge in [-0.3, -0.25) is 9.59 Å². The van der Waals surface area contributed by atoms with E-state index in [2.05, 4.69) is 15.5 Å². The van der Waals surface area contributed by atoms with Gasteiger partial charge in [0, 0.05) is 19.0 Å². The molecule has 0 saturated heterocycles. The summed E-state index contributed by atoms with van der Waals surface area (Å²) >= 11 is 0. The van der Waals surface area contributed by atoms with Crippen LogP contribution in [-0.4, -0.2) is 49.8 Å². The number of ether oxygens (including phenoxy) is 1. The lowest BCUT2D eigenvalue weighted by Crippen LogP contribution is -2.16. The van der Waals surface area contributed by atoms with Gasteiger partial charge in [0.25, 0.3) is 0 Å². The number of hydrogen-bond acceptors (Lipinski definition) is 7. The number of aliphatic hydroxyl groups excluding tert-OH is 1. The van der Waals surface area contributed by atoms with Gasteiger partial charge in [-0.25, -0.2) is 13.5 Å². The standard InChI is InChI=1S/C25H24F2N4O4/c1-3-35-23(34)15-21(33)14-20(32)12-13-22(25-28-29-30-31(25)2)24(16-4-8-18(26)9-5-16)17-6-10-19(27)11-7-17/h4-13,20,32H,3,14-15H2,1-2H3/t20-/m1/s1. The Morgan fingerprint density at radius 2 is 1.63 bits per heavy atom. The number of aryl methyl sites for hydroxylation is 1. The molecule has 3 rings (SSSR count). The third kappa shape index (κ3) is 6.97. The highest BCUT2D eigenvalue weighted by Gasteiger charge is 2.19. The molecule has 0 bridgehead atoms. The van der Waals surface area contributed by atoms with Crippen molar-refractivity contribution < 1.29 is 28.2 Å². The Labute approximate surface area is 200 Å². The number of rotatable bonds is 10. The maximum absolute atomic E-state index is 13.6. The van der Waals surface area contributed by atoms with Crippen LogP contribution in [0.3, 0.4) is 0 Å². The van der Waals surface area contributed by atoms with Gasteiger partial charge in [0.2, 0.25) is 0 Å². The van der Waals surface area contributed by atoms with Crippen LogP contribution in [0.25, 0.3) is 11.1 Å². The number of hydrogen-bond donors (Lipinski definition) is 1. The molecule has 0 spiro atoms. The Balaban J connectivity index is 2.06. The summed E-state index contributed by atoms with van der Waals surface area (Å²) in [6, 6.07) is 11.4. The number of benzene rings is 2. The monoisotopic (exact) mass is 482 g/mol. The van der Waals surface area contributed by atoms with E-state index in [4.69, 9.17) is 4.74 Å². The maximum atomic E-state index is 13.6. The highest BCUT2D eigenvalue weighted by atomic mass is 19.1. The van der Waals surface area contributed by atoms with E-state index >= 15 is 0 Å². The minimum absolute atomic E-state index is 0.157. The normalized spacial score (nSPS) is 11.9. The van der Waals surface area contributed by atoms with Crippen LogP contribution in [0.2, 0.25) is 0 Å². The van der Waals surface area contributed by atoms with Crippen molar-refractivity contribution in [1.82, 2.24) is 20.2 Å². The Bertz CT molecular complexity index is 1190. The molecule has 0 aliphatic carbocycles. The summed E-state index contributed by atoms with van der Waals surface area (Å²) in [7, 11) is 1.62. The van der Waals surface area contributed by atoms with Gasteiger partial charge in [-0.2, -0.15) is 0 Å². The first-order valence-corrected chi connectivity index (χ1v) is 10.8. The SMILES string of the molecule is CCOC(=O)CC(=O)C[C@H](O)C=CC(=C(c1ccc(F)cc1)c1ccc(F)cc1)c1nnnn1C. The van der Waals surface area contributed by atoms with Gasteiger partial charge in [-0.1, -0.05) is 36.4 Å².